The van der Waals surface area contributed by atoms with Gasteiger partial charge in [0.05, 0.1) is 7.11 Å². The molecule has 2 aliphatic rings. The number of amides is 2. The van der Waals surface area contributed by atoms with Gasteiger partial charge in [0.1, 0.15) is 5.75 Å². The van der Waals surface area contributed by atoms with Crippen LogP contribution in [0.1, 0.15) is 24.1 Å². The van der Waals surface area contributed by atoms with Crippen molar-refractivity contribution in [2.24, 2.45) is 5.92 Å². The summed E-state index contributed by atoms with van der Waals surface area (Å²) >= 11 is 0. The number of anilines is 1. The minimum Gasteiger partial charge on any atom is -0.497 e. The molecule has 144 valence electrons. The number of para-hydroxylation sites is 1. The lowest BCUT2D eigenvalue weighted by Gasteiger charge is -2.28. The average molecular weight is 375 g/mol. The number of fused-ring (bicyclic) bond motifs is 3. The number of ether oxygens (including phenoxy) is 1. The van der Waals surface area contributed by atoms with Gasteiger partial charge in [-0.05, 0) is 49.1 Å². The van der Waals surface area contributed by atoms with E-state index in [1.807, 2.05) is 29.2 Å². The zero-order valence-corrected chi connectivity index (χ0v) is 16.1. The molecule has 0 atom stereocenters. The van der Waals surface area contributed by atoms with Crippen molar-refractivity contribution in [3.05, 3.63) is 59.8 Å². The molecular formula is C23H25N3O2. The first-order valence-corrected chi connectivity index (χ1v) is 10.0. The van der Waals surface area contributed by atoms with Crippen molar-refractivity contribution >= 4 is 22.6 Å². The van der Waals surface area contributed by atoms with E-state index in [1.54, 1.807) is 7.11 Å². The monoisotopic (exact) mass is 375 g/mol. The Kier molecular flexibility index (Phi) is 4.23. The van der Waals surface area contributed by atoms with Crippen molar-refractivity contribution < 1.29 is 9.53 Å². The molecule has 5 nitrogen and oxygen atoms in total. The maximum Gasteiger partial charge on any atom is 0.322 e. The van der Waals surface area contributed by atoms with Crippen LogP contribution in [0.3, 0.4) is 0 Å². The zero-order chi connectivity index (χ0) is 19.1. The second kappa shape index (κ2) is 6.89. The molecule has 2 amide bonds. The van der Waals surface area contributed by atoms with Gasteiger partial charge in [-0.1, -0.05) is 18.2 Å². The number of nitrogens with one attached hydrogen (secondary N) is 1. The molecule has 0 radical (unpaired) electrons. The van der Waals surface area contributed by atoms with E-state index in [1.165, 1.54) is 35.0 Å². The second-order valence-electron chi connectivity index (χ2n) is 7.83. The van der Waals surface area contributed by atoms with E-state index in [9.17, 15) is 4.79 Å². The highest BCUT2D eigenvalue weighted by atomic mass is 16.5. The predicted molar refractivity (Wildman–Crippen MR) is 111 cm³/mol. The van der Waals surface area contributed by atoms with E-state index >= 15 is 0 Å². The maximum atomic E-state index is 12.8. The van der Waals surface area contributed by atoms with Crippen LogP contribution in [-0.4, -0.2) is 29.2 Å². The quantitative estimate of drug-likeness (QED) is 0.721. The SMILES string of the molecule is COc1ccc(NC(=O)N2CCc3c(c4ccccc4n3CC3CC3)C2)cc1. The Bertz CT molecular complexity index is 1020. The van der Waals surface area contributed by atoms with Crippen LogP contribution in [0.15, 0.2) is 48.5 Å². The fourth-order valence-electron chi connectivity index (χ4n) is 4.22. The van der Waals surface area contributed by atoms with Crippen molar-refractivity contribution in [1.82, 2.24) is 9.47 Å². The number of carbonyl (C=O) groups excluding carboxylic acids is 1. The summed E-state index contributed by atoms with van der Waals surface area (Å²) in [5.74, 6) is 1.61. The van der Waals surface area contributed by atoms with Gasteiger partial charge in [-0.25, -0.2) is 4.79 Å². The number of hydrogen-bond donors (Lipinski definition) is 1. The lowest BCUT2D eigenvalue weighted by atomic mass is 10.0. The predicted octanol–water partition coefficient (Wildman–Crippen LogP) is 4.65. The highest BCUT2D eigenvalue weighted by molar-refractivity contribution is 5.91. The third-order valence-electron chi connectivity index (χ3n) is 5.93. The van der Waals surface area contributed by atoms with Crippen LogP contribution in [0.5, 0.6) is 5.75 Å². The lowest BCUT2D eigenvalue weighted by molar-refractivity contribution is 0.206. The van der Waals surface area contributed by atoms with Crippen LogP contribution < -0.4 is 10.1 Å². The first kappa shape index (κ1) is 17.2. The van der Waals surface area contributed by atoms with E-state index in [-0.39, 0.29) is 6.03 Å². The van der Waals surface area contributed by atoms with Gasteiger partial charge in [0.25, 0.3) is 0 Å². The van der Waals surface area contributed by atoms with Crippen molar-refractivity contribution in [2.75, 3.05) is 19.0 Å². The topological polar surface area (TPSA) is 46.5 Å². The number of methoxy groups -OCH3 is 1. The highest BCUT2D eigenvalue weighted by Gasteiger charge is 2.29. The van der Waals surface area contributed by atoms with Gasteiger partial charge >= 0.3 is 6.03 Å². The summed E-state index contributed by atoms with van der Waals surface area (Å²) in [6, 6.07) is 16.0. The Morgan fingerprint density at radius 3 is 2.68 bits per heavy atom. The summed E-state index contributed by atoms with van der Waals surface area (Å²) in [5.41, 5.74) is 4.83. The standard InChI is InChI=1S/C23H25N3O2/c1-28-18-10-8-17(9-11-18)24-23(27)25-13-12-22-20(15-25)19-4-2-3-5-21(19)26(22)14-16-6-7-16/h2-5,8-11,16H,6-7,12-15H2,1H3,(H,24,27). The molecule has 5 heteroatoms. The smallest absolute Gasteiger partial charge is 0.322 e. The Hall–Kier alpha value is -2.95. The number of hydrogen-bond acceptors (Lipinski definition) is 2. The maximum absolute atomic E-state index is 12.8. The third kappa shape index (κ3) is 3.11. The summed E-state index contributed by atoms with van der Waals surface area (Å²) in [4.78, 5) is 14.8. The molecule has 1 aliphatic carbocycles. The molecule has 2 heterocycles. The van der Waals surface area contributed by atoms with Crippen LogP contribution in [0.25, 0.3) is 10.9 Å². The van der Waals surface area contributed by atoms with Gasteiger partial charge in [-0.15, -0.1) is 0 Å². The van der Waals surface area contributed by atoms with Gasteiger partial charge in [-0.2, -0.15) is 0 Å². The number of nitrogens with zero attached hydrogens (tertiary/aromatic N) is 2. The molecule has 0 spiro atoms. The Labute approximate surface area is 164 Å². The summed E-state index contributed by atoms with van der Waals surface area (Å²) in [7, 11) is 1.64. The molecule has 3 aromatic rings. The van der Waals surface area contributed by atoms with E-state index in [2.05, 4.69) is 34.1 Å². The number of urea groups is 1. The molecule has 1 aliphatic heterocycles. The van der Waals surface area contributed by atoms with Crippen molar-refractivity contribution in [2.45, 2.75) is 32.4 Å². The van der Waals surface area contributed by atoms with Crippen molar-refractivity contribution in [1.29, 1.82) is 0 Å². The first-order valence-electron chi connectivity index (χ1n) is 10.0. The van der Waals surface area contributed by atoms with Crippen molar-refractivity contribution in [3.8, 4) is 5.75 Å². The Balaban J connectivity index is 1.39. The first-order chi connectivity index (χ1) is 13.7. The summed E-state index contributed by atoms with van der Waals surface area (Å²) in [6.45, 7) is 2.53. The van der Waals surface area contributed by atoms with Crippen molar-refractivity contribution in [3.63, 3.8) is 0 Å². The number of aromatic nitrogens is 1. The van der Waals surface area contributed by atoms with Crippen LogP contribution >= 0.6 is 0 Å². The molecule has 0 saturated heterocycles. The second-order valence-corrected chi connectivity index (χ2v) is 7.83. The fraction of sp³-hybridized carbons (Fsp3) is 0.348. The van der Waals surface area contributed by atoms with Gasteiger partial charge in [0.2, 0.25) is 0 Å². The third-order valence-corrected chi connectivity index (χ3v) is 5.93. The molecule has 1 aromatic heterocycles. The van der Waals surface area contributed by atoms with Crippen LogP contribution in [0.2, 0.25) is 0 Å². The van der Waals surface area contributed by atoms with E-state index in [4.69, 9.17) is 4.74 Å². The van der Waals surface area contributed by atoms with E-state index in [0.717, 1.165) is 36.9 Å². The molecule has 1 N–H and O–H groups in total. The van der Waals surface area contributed by atoms with Crippen LogP contribution in [0, 0.1) is 5.92 Å². The average Bonchev–Trinajstić information content (AvgIpc) is 3.51. The highest BCUT2D eigenvalue weighted by Crippen LogP contribution is 2.36. The minimum atomic E-state index is -0.0464. The number of benzene rings is 2. The molecule has 1 saturated carbocycles. The molecule has 2 aromatic carbocycles. The lowest BCUT2D eigenvalue weighted by Crippen LogP contribution is -2.39. The normalized spacial score (nSPS) is 16.1. The van der Waals surface area contributed by atoms with Gasteiger partial charge in [-0.3, -0.25) is 0 Å². The number of carbonyl (C=O) groups is 1. The largest absolute Gasteiger partial charge is 0.497 e. The molecule has 0 bridgehead atoms. The Morgan fingerprint density at radius 1 is 1.14 bits per heavy atom. The molecular weight excluding hydrogens is 350 g/mol. The fourth-order valence-corrected chi connectivity index (χ4v) is 4.22. The van der Waals surface area contributed by atoms with Gasteiger partial charge in [0, 0.05) is 53.9 Å². The van der Waals surface area contributed by atoms with Crippen LogP contribution in [0.4, 0.5) is 10.5 Å². The molecule has 28 heavy (non-hydrogen) atoms. The van der Waals surface area contributed by atoms with E-state index < -0.39 is 0 Å². The molecule has 1 fully saturated rings. The zero-order valence-electron chi connectivity index (χ0n) is 16.1. The van der Waals surface area contributed by atoms with Gasteiger partial charge < -0.3 is 19.5 Å². The summed E-state index contributed by atoms with van der Waals surface area (Å²) in [6.07, 6.45) is 3.60. The van der Waals surface area contributed by atoms with Gasteiger partial charge in [0.15, 0.2) is 0 Å². The number of rotatable bonds is 4. The summed E-state index contributed by atoms with van der Waals surface area (Å²) in [5, 5.41) is 4.31. The van der Waals surface area contributed by atoms with E-state index in [0.29, 0.717) is 6.54 Å². The minimum absolute atomic E-state index is 0.0464. The molecule has 0 unspecified atom stereocenters. The molecule has 5 rings (SSSR count). The Morgan fingerprint density at radius 2 is 1.93 bits per heavy atom. The summed E-state index contributed by atoms with van der Waals surface area (Å²) < 4.78 is 7.69. The van der Waals surface area contributed by atoms with Crippen LogP contribution in [-0.2, 0) is 19.5 Å².